The van der Waals surface area contributed by atoms with Gasteiger partial charge in [-0.05, 0) is 31.9 Å². The fourth-order valence-corrected chi connectivity index (χ4v) is 1.37. The largest absolute Gasteiger partial charge is 0.490 e. The molecule has 1 N–H and O–H groups in total. The van der Waals surface area contributed by atoms with Crippen LogP contribution in [0, 0.1) is 5.82 Å². The number of benzene rings is 1. The lowest BCUT2D eigenvalue weighted by Gasteiger charge is -2.09. The van der Waals surface area contributed by atoms with Crippen LogP contribution in [0.3, 0.4) is 0 Å². The minimum absolute atomic E-state index is 0.312. The first kappa shape index (κ1) is 12.6. The molecule has 1 rings (SSSR count). The van der Waals surface area contributed by atoms with Crippen LogP contribution in [0.2, 0.25) is 0 Å². The van der Waals surface area contributed by atoms with Gasteiger partial charge in [-0.25, -0.2) is 4.39 Å². The molecule has 3 heteroatoms. The number of rotatable bonds is 6. The van der Waals surface area contributed by atoms with Crippen molar-refractivity contribution in [1.82, 2.24) is 0 Å². The highest BCUT2D eigenvalue weighted by atomic mass is 19.1. The Hall–Kier alpha value is -1.51. The van der Waals surface area contributed by atoms with Gasteiger partial charge < -0.3 is 10.1 Å². The second-order valence-electron chi connectivity index (χ2n) is 3.43. The van der Waals surface area contributed by atoms with E-state index in [4.69, 9.17) is 4.74 Å². The standard InChI is InChI=1S/C13H18FNO/c1-3-4-5-6-10-16-12-9-7-8-11(15-2)13(12)14/h3-4,7-9,15H,5-6,10H2,1-2H3. The molecule has 88 valence electrons. The second-order valence-corrected chi connectivity index (χ2v) is 3.43. The van der Waals surface area contributed by atoms with Gasteiger partial charge in [0.15, 0.2) is 11.6 Å². The third-order valence-corrected chi connectivity index (χ3v) is 2.24. The van der Waals surface area contributed by atoms with Gasteiger partial charge in [-0.15, -0.1) is 0 Å². The molecule has 2 nitrogen and oxygen atoms in total. The summed E-state index contributed by atoms with van der Waals surface area (Å²) in [7, 11) is 1.69. The van der Waals surface area contributed by atoms with Crippen LogP contribution in [-0.2, 0) is 0 Å². The fourth-order valence-electron chi connectivity index (χ4n) is 1.37. The maximum atomic E-state index is 13.6. The highest BCUT2D eigenvalue weighted by Gasteiger charge is 2.06. The predicted molar refractivity (Wildman–Crippen MR) is 65.5 cm³/mol. The van der Waals surface area contributed by atoms with Gasteiger partial charge in [0.2, 0.25) is 0 Å². The van der Waals surface area contributed by atoms with Crippen LogP contribution in [0.5, 0.6) is 5.75 Å². The molecule has 0 amide bonds. The van der Waals surface area contributed by atoms with Crippen molar-refractivity contribution in [3.63, 3.8) is 0 Å². The number of hydrogen-bond donors (Lipinski definition) is 1. The number of nitrogens with one attached hydrogen (secondary N) is 1. The number of anilines is 1. The first-order valence-electron chi connectivity index (χ1n) is 5.49. The lowest BCUT2D eigenvalue weighted by atomic mass is 10.2. The van der Waals surface area contributed by atoms with Crippen LogP contribution in [0.4, 0.5) is 10.1 Å². The van der Waals surface area contributed by atoms with E-state index >= 15 is 0 Å². The van der Waals surface area contributed by atoms with Gasteiger partial charge in [0.05, 0.1) is 12.3 Å². The molecule has 0 aliphatic rings. The van der Waals surface area contributed by atoms with Crippen molar-refractivity contribution in [2.24, 2.45) is 0 Å². The molecular weight excluding hydrogens is 205 g/mol. The van der Waals surface area contributed by atoms with Crippen LogP contribution < -0.4 is 10.1 Å². The number of ether oxygens (including phenoxy) is 1. The van der Waals surface area contributed by atoms with E-state index in [1.165, 1.54) is 0 Å². The van der Waals surface area contributed by atoms with Crippen LogP contribution in [0.1, 0.15) is 19.8 Å². The zero-order chi connectivity index (χ0) is 11.8. The molecule has 0 radical (unpaired) electrons. The van der Waals surface area contributed by atoms with Crippen LogP contribution in [0.15, 0.2) is 30.4 Å². The van der Waals surface area contributed by atoms with E-state index in [-0.39, 0.29) is 5.82 Å². The fraction of sp³-hybridized carbons (Fsp3) is 0.385. The molecule has 0 fully saturated rings. The average Bonchev–Trinajstić information content (AvgIpc) is 2.31. The zero-order valence-corrected chi connectivity index (χ0v) is 9.79. The summed E-state index contributed by atoms with van der Waals surface area (Å²) in [6.07, 6.45) is 5.93. The summed E-state index contributed by atoms with van der Waals surface area (Å²) in [5.74, 6) is -0.0108. The Kier molecular flexibility index (Phi) is 5.40. The Labute approximate surface area is 96.1 Å². The molecule has 16 heavy (non-hydrogen) atoms. The van der Waals surface area contributed by atoms with E-state index in [1.54, 1.807) is 25.2 Å². The van der Waals surface area contributed by atoms with Crippen molar-refractivity contribution in [3.05, 3.63) is 36.2 Å². The van der Waals surface area contributed by atoms with Crippen molar-refractivity contribution in [1.29, 1.82) is 0 Å². The molecule has 0 saturated carbocycles. The monoisotopic (exact) mass is 223 g/mol. The van der Waals surface area contributed by atoms with Gasteiger partial charge >= 0.3 is 0 Å². The SMILES string of the molecule is CC=CCCCOc1cccc(NC)c1F. The summed E-state index contributed by atoms with van der Waals surface area (Å²) in [5.41, 5.74) is 0.464. The number of unbranched alkanes of at least 4 members (excludes halogenated alkanes) is 1. The van der Waals surface area contributed by atoms with Crippen LogP contribution in [0.25, 0.3) is 0 Å². The second kappa shape index (κ2) is 6.88. The molecule has 0 heterocycles. The molecule has 0 atom stereocenters. The molecule has 0 unspecified atom stereocenters. The average molecular weight is 223 g/mol. The van der Waals surface area contributed by atoms with E-state index in [0.29, 0.717) is 18.0 Å². The van der Waals surface area contributed by atoms with Gasteiger partial charge in [-0.1, -0.05) is 18.2 Å². The lowest BCUT2D eigenvalue weighted by Crippen LogP contribution is -2.01. The van der Waals surface area contributed by atoms with Gasteiger partial charge in [0, 0.05) is 7.05 Å². The minimum Gasteiger partial charge on any atom is -0.490 e. The summed E-state index contributed by atoms with van der Waals surface area (Å²) >= 11 is 0. The van der Waals surface area contributed by atoms with Gasteiger partial charge in [-0.2, -0.15) is 0 Å². The molecule has 0 aliphatic heterocycles. The smallest absolute Gasteiger partial charge is 0.188 e. The minimum atomic E-state index is -0.323. The molecule has 1 aromatic rings. The third-order valence-electron chi connectivity index (χ3n) is 2.24. The van der Waals surface area contributed by atoms with Crippen molar-refractivity contribution in [3.8, 4) is 5.75 Å². The molecule has 0 saturated heterocycles. The number of halogens is 1. The van der Waals surface area contributed by atoms with E-state index in [2.05, 4.69) is 11.4 Å². The quantitative estimate of drug-likeness (QED) is 0.587. The van der Waals surface area contributed by atoms with E-state index in [9.17, 15) is 4.39 Å². The molecule has 1 aromatic carbocycles. The maximum absolute atomic E-state index is 13.6. The van der Waals surface area contributed by atoms with E-state index < -0.39 is 0 Å². The molecule has 0 aromatic heterocycles. The normalized spacial score (nSPS) is 10.7. The predicted octanol–water partition coefficient (Wildman–Crippen LogP) is 3.60. The van der Waals surface area contributed by atoms with Crippen molar-refractivity contribution in [2.45, 2.75) is 19.8 Å². The summed E-state index contributed by atoms with van der Waals surface area (Å²) in [6.45, 7) is 2.52. The summed E-state index contributed by atoms with van der Waals surface area (Å²) < 4.78 is 19.0. The molecular formula is C13H18FNO. The topological polar surface area (TPSA) is 21.3 Å². The lowest BCUT2D eigenvalue weighted by molar-refractivity contribution is 0.297. The van der Waals surface area contributed by atoms with Crippen LogP contribution in [-0.4, -0.2) is 13.7 Å². The Morgan fingerprint density at radius 3 is 2.94 bits per heavy atom. The highest BCUT2D eigenvalue weighted by molar-refractivity contribution is 5.49. The third kappa shape index (κ3) is 3.57. The van der Waals surface area contributed by atoms with Gasteiger partial charge in [0.25, 0.3) is 0 Å². The maximum Gasteiger partial charge on any atom is 0.188 e. The van der Waals surface area contributed by atoms with Crippen LogP contribution >= 0.6 is 0 Å². The van der Waals surface area contributed by atoms with Gasteiger partial charge in [0.1, 0.15) is 0 Å². The first-order valence-corrected chi connectivity index (χ1v) is 5.49. The first-order chi connectivity index (χ1) is 7.79. The Bertz CT molecular complexity index is 350. The number of allylic oxidation sites excluding steroid dienone is 2. The van der Waals surface area contributed by atoms with Crippen molar-refractivity contribution < 1.29 is 9.13 Å². The number of hydrogen-bond acceptors (Lipinski definition) is 2. The Balaban J connectivity index is 2.47. The van der Waals surface area contributed by atoms with Crippen molar-refractivity contribution in [2.75, 3.05) is 19.0 Å². The van der Waals surface area contributed by atoms with E-state index in [1.807, 2.05) is 13.0 Å². The van der Waals surface area contributed by atoms with Gasteiger partial charge in [-0.3, -0.25) is 0 Å². The van der Waals surface area contributed by atoms with Crippen molar-refractivity contribution >= 4 is 5.69 Å². The Morgan fingerprint density at radius 2 is 2.25 bits per heavy atom. The van der Waals surface area contributed by atoms with E-state index in [0.717, 1.165) is 12.8 Å². The summed E-state index contributed by atoms with van der Waals surface area (Å²) in [4.78, 5) is 0. The zero-order valence-electron chi connectivity index (χ0n) is 9.79. The Morgan fingerprint density at radius 1 is 1.44 bits per heavy atom. The summed E-state index contributed by atoms with van der Waals surface area (Å²) in [5, 5.41) is 2.78. The molecule has 0 spiro atoms. The summed E-state index contributed by atoms with van der Waals surface area (Å²) in [6, 6.07) is 5.10. The molecule has 0 bridgehead atoms. The highest BCUT2D eigenvalue weighted by Crippen LogP contribution is 2.23. The molecule has 0 aliphatic carbocycles.